The molecule has 0 atom stereocenters. The Balaban J connectivity index is 1.80. The number of para-hydroxylation sites is 1. The third-order valence-electron chi connectivity index (χ3n) is 2.68. The molecule has 4 nitrogen and oxygen atoms in total. The standard InChI is InChI=1S/C16H15NO3/c1-18-14-6-8-15(9-7-14)19-10-11-20-16-5-3-2-4-13(16)12-17/h2-9H,10-11H2,1H3. The van der Waals surface area contributed by atoms with Crippen LogP contribution in [0.1, 0.15) is 5.56 Å². The maximum atomic E-state index is 8.93. The normalized spacial score (nSPS) is 9.60. The van der Waals surface area contributed by atoms with Gasteiger partial charge in [0.1, 0.15) is 36.5 Å². The summed E-state index contributed by atoms with van der Waals surface area (Å²) in [6.45, 7) is 0.789. The van der Waals surface area contributed by atoms with E-state index in [1.54, 1.807) is 25.3 Å². The van der Waals surface area contributed by atoms with Crippen LogP contribution in [0.3, 0.4) is 0 Å². The van der Waals surface area contributed by atoms with Crippen LogP contribution in [-0.2, 0) is 0 Å². The molecule has 20 heavy (non-hydrogen) atoms. The average molecular weight is 269 g/mol. The van der Waals surface area contributed by atoms with E-state index in [2.05, 4.69) is 6.07 Å². The van der Waals surface area contributed by atoms with Crippen LogP contribution in [0, 0.1) is 11.3 Å². The molecule has 0 amide bonds. The molecule has 0 saturated heterocycles. The zero-order chi connectivity index (χ0) is 14.2. The van der Waals surface area contributed by atoms with Crippen LogP contribution in [0.5, 0.6) is 17.2 Å². The summed E-state index contributed by atoms with van der Waals surface area (Å²) in [6.07, 6.45) is 0. The molecule has 0 aliphatic heterocycles. The SMILES string of the molecule is COc1ccc(OCCOc2ccccc2C#N)cc1. The summed E-state index contributed by atoms with van der Waals surface area (Å²) < 4.78 is 16.1. The molecule has 0 radical (unpaired) electrons. The van der Waals surface area contributed by atoms with Gasteiger partial charge in [0.15, 0.2) is 0 Å². The highest BCUT2D eigenvalue weighted by atomic mass is 16.5. The van der Waals surface area contributed by atoms with Crippen molar-refractivity contribution in [1.82, 2.24) is 0 Å². The van der Waals surface area contributed by atoms with E-state index in [-0.39, 0.29) is 0 Å². The quantitative estimate of drug-likeness (QED) is 0.756. The van der Waals surface area contributed by atoms with E-state index in [1.807, 2.05) is 30.3 Å². The van der Waals surface area contributed by atoms with E-state index < -0.39 is 0 Å². The Morgan fingerprint density at radius 1 is 0.900 bits per heavy atom. The van der Waals surface area contributed by atoms with Gasteiger partial charge in [-0.2, -0.15) is 5.26 Å². The van der Waals surface area contributed by atoms with Gasteiger partial charge in [-0.3, -0.25) is 0 Å². The maximum absolute atomic E-state index is 8.93. The van der Waals surface area contributed by atoms with Gasteiger partial charge in [-0.15, -0.1) is 0 Å². The highest BCUT2D eigenvalue weighted by molar-refractivity contribution is 5.42. The summed E-state index contributed by atoms with van der Waals surface area (Å²) in [6, 6.07) is 16.6. The zero-order valence-corrected chi connectivity index (χ0v) is 11.2. The van der Waals surface area contributed by atoms with E-state index in [9.17, 15) is 0 Å². The Morgan fingerprint density at radius 2 is 1.55 bits per heavy atom. The van der Waals surface area contributed by atoms with Crippen LogP contribution in [0.4, 0.5) is 0 Å². The van der Waals surface area contributed by atoms with Gasteiger partial charge in [-0.05, 0) is 36.4 Å². The number of hydrogen-bond acceptors (Lipinski definition) is 4. The molecule has 102 valence electrons. The molecule has 0 unspecified atom stereocenters. The van der Waals surface area contributed by atoms with Crippen molar-refractivity contribution in [2.45, 2.75) is 0 Å². The molecule has 2 rings (SSSR count). The van der Waals surface area contributed by atoms with Crippen molar-refractivity contribution >= 4 is 0 Å². The lowest BCUT2D eigenvalue weighted by Gasteiger charge is -2.09. The smallest absolute Gasteiger partial charge is 0.137 e. The molecule has 0 fully saturated rings. The van der Waals surface area contributed by atoms with Gasteiger partial charge in [0, 0.05) is 0 Å². The first-order valence-corrected chi connectivity index (χ1v) is 6.22. The summed E-state index contributed by atoms with van der Waals surface area (Å²) >= 11 is 0. The lowest BCUT2D eigenvalue weighted by atomic mass is 10.2. The van der Waals surface area contributed by atoms with Crippen LogP contribution in [0.25, 0.3) is 0 Å². The van der Waals surface area contributed by atoms with Gasteiger partial charge in [-0.25, -0.2) is 0 Å². The summed E-state index contributed by atoms with van der Waals surface area (Å²) in [5.41, 5.74) is 0.525. The Kier molecular flexibility index (Phi) is 4.85. The largest absolute Gasteiger partial charge is 0.497 e. The van der Waals surface area contributed by atoms with E-state index in [0.29, 0.717) is 24.5 Å². The summed E-state index contributed by atoms with van der Waals surface area (Å²) in [7, 11) is 1.62. The van der Waals surface area contributed by atoms with Crippen molar-refractivity contribution in [3.05, 3.63) is 54.1 Å². The average Bonchev–Trinajstić information content (AvgIpc) is 2.52. The topological polar surface area (TPSA) is 51.5 Å². The fraction of sp³-hybridized carbons (Fsp3) is 0.188. The molecule has 0 N–H and O–H groups in total. The first kappa shape index (κ1) is 13.8. The second-order valence-electron chi connectivity index (χ2n) is 3.98. The van der Waals surface area contributed by atoms with Crippen molar-refractivity contribution in [1.29, 1.82) is 5.26 Å². The Hall–Kier alpha value is -2.67. The zero-order valence-electron chi connectivity index (χ0n) is 11.2. The number of nitrogens with zero attached hydrogens (tertiary/aromatic N) is 1. The number of methoxy groups -OCH3 is 1. The summed E-state index contributed by atoms with van der Waals surface area (Å²) in [5, 5.41) is 8.93. The molecule has 0 heterocycles. The first-order chi connectivity index (χ1) is 9.83. The molecular weight excluding hydrogens is 254 g/mol. The van der Waals surface area contributed by atoms with Crippen molar-refractivity contribution < 1.29 is 14.2 Å². The number of rotatable bonds is 6. The molecule has 0 aliphatic carbocycles. The van der Waals surface area contributed by atoms with Crippen LogP contribution >= 0.6 is 0 Å². The minimum atomic E-state index is 0.380. The molecule has 4 heteroatoms. The second kappa shape index (κ2) is 7.05. The maximum Gasteiger partial charge on any atom is 0.137 e. The fourth-order valence-corrected chi connectivity index (χ4v) is 1.67. The van der Waals surface area contributed by atoms with E-state index >= 15 is 0 Å². The minimum absolute atomic E-state index is 0.380. The third-order valence-corrected chi connectivity index (χ3v) is 2.68. The summed E-state index contributed by atoms with van der Waals surface area (Å²) in [4.78, 5) is 0. The molecule has 0 spiro atoms. The van der Waals surface area contributed by atoms with Gasteiger partial charge in [-0.1, -0.05) is 12.1 Å². The number of hydrogen-bond donors (Lipinski definition) is 0. The lowest BCUT2D eigenvalue weighted by molar-refractivity contribution is 0.216. The van der Waals surface area contributed by atoms with E-state index in [1.165, 1.54) is 0 Å². The van der Waals surface area contributed by atoms with Crippen molar-refractivity contribution in [3.63, 3.8) is 0 Å². The predicted octanol–water partition coefficient (Wildman–Crippen LogP) is 3.02. The van der Waals surface area contributed by atoms with E-state index in [0.717, 1.165) is 11.5 Å². The highest BCUT2D eigenvalue weighted by Crippen LogP contribution is 2.18. The van der Waals surface area contributed by atoms with Crippen LogP contribution in [0.15, 0.2) is 48.5 Å². The van der Waals surface area contributed by atoms with Crippen molar-refractivity contribution in [2.75, 3.05) is 20.3 Å². The minimum Gasteiger partial charge on any atom is -0.497 e. The molecule has 2 aromatic rings. The molecule has 0 aliphatic rings. The monoisotopic (exact) mass is 269 g/mol. The molecule has 2 aromatic carbocycles. The highest BCUT2D eigenvalue weighted by Gasteiger charge is 2.01. The van der Waals surface area contributed by atoms with Crippen molar-refractivity contribution in [3.8, 4) is 23.3 Å². The Labute approximate surface area is 118 Å². The van der Waals surface area contributed by atoms with E-state index in [4.69, 9.17) is 19.5 Å². The van der Waals surface area contributed by atoms with Gasteiger partial charge in [0.2, 0.25) is 0 Å². The van der Waals surface area contributed by atoms with Crippen LogP contribution in [0.2, 0.25) is 0 Å². The van der Waals surface area contributed by atoms with Gasteiger partial charge < -0.3 is 14.2 Å². The van der Waals surface area contributed by atoms with Crippen LogP contribution < -0.4 is 14.2 Å². The molecule has 0 bridgehead atoms. The predicted molar refractivity (Wildman–Crippen MR) is 75.1 cm³/mol. The first-order valence-electron chi connectivity index (χ1n) is 6.22. The van der Waals surface area contributed by atoms with Gasteiger partial charge in [0.05, 0.1) is 12.7 Å². The lowest BCUT2D eigenvalue weighted by Crippen LogP contribution is -2.09. The second-order valence-corrected chi connectivity index (χ2v) is 3.98. The molecule has 0 aromatic heterocycles. The third kappa shape index (κ3) is 3.66. The number of benzene rings is 2. The molecule has 0 saturated carbocycles. The Morgan fingerprint density at radius 3 is 2.25 bits per heavy atom. The molecular formula is C16H15NO3. The number of ether oxygens (including phenoxy) is 3. The number of nitriles is 1. The van der Waals surface area contributed by atoms with Crippen LogP contribution in [-0.4, -0.2) is 20.3 Å². The van der Waals surface area contributed by atoms with Gasteiger partial charge in [0.25, 0.3) is 0 Å². The Bertz CT molecular complexity index is 587. The van der Waals surface area contributed by atoms with Gasteiger partial charge >= 0.3 is 0 Å². The van der Waals surface area contributed by atoms with Crippen molar-refractivity contribution in [2.24, 2.45) is 0 Å². The fourth-order valence-electron chi connectivity index (χ4n) is 1.67. The summed E-state index contributed by atoms with van der Waals surface area (Å²) in [5.74, 6) is 2.12.